The third-order valence-corrected chi connectivity index (χ3v) is 4.83. The Hall–Kier alpha value is -2.94. The Morgan fingerprint density at radius 3 is 1.96 bits per heavy atom. The molecule has 3 rings (SSSR count). The number of hydrogen-bond donors (Lipinski definition) is 1. The topological polar surface area (TPSA) is 42.0 Å². The van der Waals surface area contributed by atoms with Gasteiger partial charge in [0.15, 0.2) is 0 Å². The minimum Gasteiger partial charge on any atom is -0.322 e. The average Bonchev–Trinajstić information content (AvgIpc) is 2.61. The second-order valence-electron chi connectivity index (χ2n) is 5.74. The van der Waals surface area contributed by atoms with Crippen LogP contribution in [0.25, 0.3) is 11.3 Å². The van der Waals surface area contributed by atoms with Gasteiger partial charge in [0.2, 0.25) is 0 Å². The van der Waals surface area contributed by atoms with Crippen LogP contribution in [0.5, 0.6) is 0 Å². The van der Waals surface area contributed by atoms with Crippen LogP contribution in [0.15, 0.2) is 77.8 Å². The molecule has 0 bridgehead atoms. The number of hydrogen-bond acceptors (Lipinski definition) is 2. The molecular weight excluding hydrogens is 387 g/mol. The SMILES string of the molecule is O=C(Nc1ccc(S(F)(F)(F)(F)F)cc1)c1ccc(-c2ccccn2)cc1. The molecule has 0 atom stereocenters. The third kappa shape index (κ3) is 4.62. The van der Waals surface area contributed by atoms with Gasteiger partial charge in [-0.3, -0.25) is 9.78 Å². The minimum atomic E-state index is -9.72. The maximum atomic E-state index is 12.7. The van der Waals surface area contributed by atoms with Crippen molar-refractivity contribution in [1.82, 2.24) is 4.98 Å². The van der Waals surface area contributed by atoms with E-state index in [0.717, 1.165) is 23.4 Å². The van der Waals surface area contributed by atoms with Crippen LogP contribution < -0.4 is 5.32 Å². The summed E-state index contributed by atoms with van der Waals surface area (Å²) in [7, 11) is -9.72. The summed E-state index contributed by atoms with van der Waals surface area (Å²) in [5.41, 5.74) is 1.73. The zero-order chi connectivity index (χ0) is 19.8. The van der Waals surface area contributed by atoms with Crippen molar-refractivity contribution in [1.29, 1.82) is 0 Å². The predicted octanol–water partition coefficient (Wildman–Crippen LogP) is 6.66. The van der Waals surface area contributed by atoms with Gasteiger partial charge in [-0.05, 0) is 48.5 Å². The van der Waals surface area contributed by atoms with E-state index < -0.39 is 21.0 Å². The third-order valence-electron chi connectivity index (χ3n) is 3.67. The zero-order valence-corrected chi connectivity index (χ0v) is 14.4. The molecule has 1 amide bonds. The van der Waals surface area contributed by atoms with Crippen LogP contribution in [0.1, 0.15) is 10.4 Å². The lowest BCUT2D eigenvalue weighted by atomic mass is 10.1. The molecule has 1 aromatic heterocycles. The molecular formula is C18H13F5N2OS. The first-order chi connectivity index (χ1) is 12.4. The van der Waals surface area contributed by atoms with Crippen LogP contribution in [-0.2, 0) is 0 Å². The summed E-state index contributed by atoms with van der Waals surface area (Å²) in [4.78, 5) is 14.4. The molecule has 0 fully saturated rings. The number of aromatic nitrogens is 1. The average molecular weight is 400 g/mol. The number of carbonyl (C=O) groups excluding carboxylic acids is 1. The van der Waals surface area contributed by atoms with Crippen LogP contribution in [0, 0.1) is 0 Å². The van der Waals surface area contributed by atoms with Gasteiger partial charge in [0, 0.05) is 23.0 Å². The summed E-state index contributed by atoms with van der Waals surface area (Å²) >= 11 is 0. The molecule has 27 heavy (non-hydrogen) atoms. The fourth-order valence-electron chi connectivity index (χ4n) is 2.32. The summed E-state index contributed by atoms with van der Waals surface area (Å²) in [6.07, 6.45) is 1.63. The number of carbonyl (C=O) groups is 1. The molecule has 9 heteroatoms. The van der Waals surface area contributed by atoms with Crippen LogP contribution in [0.3, 0.4) is 0 Å². The van der Waals surface area contributed by atoms with Crippen molar-refractivity contribution in [2.75, 3.05) is 5.32 Å². The van der Waals surface area contributed by atoms with Gasteiger partial charge in [0.25, 0.3) is 5.91 Å². The number of nitrogens with one attached hydrogen (secondary N) is 1. The van der Waals surface area contributed by atoms with E-state index >= 15 is 0 Å². The van der Waals surface area contributed by atoms with E-state index in [9.17, 15) is 24.2 Å². The Morgan fingerprint density at radius 1 is 0.815 bits per heavy atom. The van der Waals surface area contributed by atoms with E-state index in [4.69, 9.17) is 0 Å². The van der Waals surface area contributed by atoms with Crippen molar-refractivity contribution in [3.63, 3.8) is 0 Å². The predicted molar refractivity (Wildman–Crippen MR) is 95.5 cm³/mol. The van der Waals surface area contributed by atoms with Gasteiger partial charge in [-0.1, -0.05) is 37.6 Å². The standard InChI is InChI=1S/C18H13F5N2OS/c19-27(20,21,22,23)16-10-8-15(9-11-16)25-18(26)14-6-4-13(5-7-14)17-3-1-2-12-24-17/h1-12H,(H,25,26). The van der Waals surface area contributed by atoms with Crippen LogP contribution in [0.2, 0.25) is 0 Å². The molecule has 0 aliphatic rings. The fourth-order valence-corrected chi connectivity index (χ4v) is 2.98. The Kier molecular flexibility index (Phi) is 4.03. The lowest BCUT2D eigenvalue weighted by Gasteiger charge is -2.40. The van der Waals surface area contributed by atoms with Crippen LogP contribution in [-0.4, -0.2) is 10.9 Å². The highest BCUT2D eigenvalue weighted by molar-refractivity contribution is 8.45. The lowest BCUT2D eigenvalue weighted by Crippen LogP contribution is -2.12. The summed E-state index contributed by atoms with van der Waals surface area (Å²) in [6, 6.07) is 13.9. The van der Waals surface area contributed by atoms with E-state index in [1.807, 2.05) is 6.07 Å². The van der Waals surface area contributed by atoms with Gasteiger partial charge >= 0.3 is 10.2 Å². The molecule has 1 N–H and O–H groups in total. The summed E-state index contributed by atoms with van der Waals surface area (Å²) in [5.74, 6) is -0.581. The maximum absolute atomic E-state index is 12.7. The van der Waals surface area contributed by atoms with Crippen molar-refractivity contribution in [2.45, 2.75) is 4.90 Å². The van der Waals surface area contributed by atoms with Crippen molar-refractivity contribution in [3.05, 3.63) is 78.5 Å². The quantitative estimate of drug-likeness (QED) is 0.498. The van der Waals surface area contributed by atoms with Crippen molar-refractivity contribution < 1.29 is 24.2 Å². The number of amides is 1. The molecule has 0 unspecified atom stereocenters. The van der Waals surface area contributed by atoms with E-state index in [2.05, 4.69) is 10.3 Å². The molecule has 2 aromatic carbocycles. The second-order valence-corrected chi connectivity index (χ2v) is 8.15. The van der Waals surface area contributed by atoms with E-state index in [1.54, 1.807) is 30.5 Å². The zero-order valence-electron chi connectivity index (χ0n) is 13.6. The number of anilines is 1. The lowest BCUT2D eigenvalue weighted by molar-refractivity contribution is 0.102. The molecule has 0 aliphatic heterocycles. The highest BCUT2D eigenvalue weighted by atomic mass is 32.5. The number of nitrogens with zero attached hydrogens (tertiary/aromatic N) is 1. The first kappa shape index (κ1) is 18.8. The molecule has 0 radical (unpaired) electrons. The second kappa shape index (κ2) is 5.78. The molecule has 0 saturated heterocycles. The number of pyridine rings is 1. The Bertz CT molecular complexity index is 973. The first-order valence-electron chi connectivity index (χ1n) is 7.59. The highest BCUT2D eigenvalue weighted by Gasteiger charge is 2.65. The minimum absolute atomic E-state index is 0.0283. The van der Waals surface area contributed by atoms with Gasteiger partial charge in [-0.2, -0.15) is 0 Å². The molecule has 0 aliphatic carbocycles. The fraction of sp³-hybridized carbons (Fsp3) is 0. The smallest absolute Gasteiger partial charge is 0.310 e. The summed E-state index contributed by atoms with van der Waals surface area (Å²) < 4.78 is 63.5. The van der Waals surface area contributed by atoms with Gasteiger partial charge in [0.05, 0.1) is 5.69 Å². The molecule has 1 heterocycles. The van der Waals surface area contributed by atoms with Gasteiger partial charge < -0.3 is 5.32 Å². The Labute approximate surface area is 151 Å². The van der Waals surface area contributed by atoms with Crippen molar-refractivity contribution in [2.24, 2.45) is 0 Å². The number of halogens is 5. The number of benzene rings is 2. The Morgan fingerprint density at radius 2 is 1.44 bits per heavy atom. The Balaban J connectivity index is 1.74. The summed E-state index contributed by atoms with van der Waals surface area (Å²) in [6.45, 7) is 0. The molecule has 3 nitrogen and oxygen atoms in total. The highest BCUT2D eigenvalue weighted by Crippen LogP contribution is 3.02. The van der Waals surface area contributed by atoms with Gasteiger partial charge in [-0.25, -0.2) is 0 Å². The van der Waals surface area contributed by atoms with Gasteiger partial charge in [0.1, 0.15) is 4.90 Å². The van der Waals surface area contributed by atoms with E-state index in [1.165, 1.54) is 12.1 Å². The van der Waals surface area contributed by atoms with E-state index in [-0.39, 0.29) is 23.4 Å². The number of rotatable bonds is 4. The van der Waals surface area contributed by atoms with Crippen LogP contribution in [0.4, 0.5) is 25.1 Å². The molecule has 0 saturated carbocycles. The largest absolute Gasteiger partial charge is 0.322 e. The van der Waals surface area contributed by atoms with Gasteiger partial charge in [-0.15, -0.1) is 0 Å². The first-order valence-corrected chi connectivity index (χ1v) is 9.54. The maximum Gasteiger partial charge on any atom is 0.310 e. The monoisotopic (exact) mass is 400 g/mol. The molecule has 3 aromatic rings. The van der Waals surface area contributed by atoms with E-state index in [0.29, 0.717) is 0 Å². The van der Waals surface area contributed by atoms with Crippen LogP contribution >= 0.6 is 10.2 Å². The van der Waals surface area contributed by atoms with Crippen molar-refractivity contribution in [3.8, 4) is 11.3 Å². The molecule has 142 valence electrons. The summed E-state index contributed by atoms with van der Waals surface area (Å²) in [5, 5.41) is 2.37. The molecule has 0 spiro atoms. The normalized spacial score (nSPS) is 14.1. The van der Waals surface area contributed by atoms with Crippen molar-refractivity contribution >= 4 is 21.8 Å².